The Morgan fingerprint density at radius 2 is 2.00 bits per heavy atom. The summed E-state index contributed by atoms with van der Waals surface area (Å²) in [5, 5.41) is 32.9. The maximum absolute atomic E-state index is 13.0. The van der Waals surface area contributed by atoms with Crippen LogP contribution in [-0.4, -0.2) is 66.0 Å². The molecule has 0 amide bonds. The predicted octanol–water partition coefficient (Wildman–Crippen LogP) is 1.56. The minimum absolute atomic E-state index is 0.141. The molecule has 32 heavy (non-hydrogen) atoms. The first kappa shape index (κ1) is 22.4. The molecule has 1 aliphatic heterocycles. The van der Waals surface area contributed by atoms with Gasteiger partial charge in [-0.25, -0.2) is 15.0 Å². The Balaban J connectivity index is 1.57. The Morgan fingerprint density at radius 1 is 1.22 bits per heavy atom. The standard InChI is InChI=1S/C18H16ClF3N6O4/c19-10-2-1-8(3-9(10)18(20,21)22)4-26-27-15-12-16(24-6-23-15)28(7-25-12)17-14(31)13(30)11(5-29)32-17/h1-4,6-7,11,13-14,17,29-31H,5H2,(H,23,24,27)/t11-,13-,14-,17-/m1/s1. The summed E-state index contributed by atoms with van der Waals surface area (Å²) >= 11 is 5.60. The van der Waals surface area contributed by atoms with Crippen molar-refractivity contribution < 1.29 is 33.2 Å². The largest absolute Gasteiger partial charge is 0.417 e. The van der Waals surface area contributed by atoms with Crippen molar-refractivity contribution in [2.24, 2.45) is 5.10 Å². The third-order valence-electron chi connectivity index (χ3n) is 4.83. The van der Waals surface area contributed by atoms with Crippen LogP contribution in [0.2, 0.25) is 5.02 Å². The number of aromatic nitrogens is 4. The van der Waals surface area contributed by atoms with Crippen LogP contribution in [0.4, 0.5) is 19.0 Å². The number of benzene rings is 1. The van der Waals surface area contributed by atoms with Crippen LogP contribution in [0.1, 0.15) is 17.4 Å². The van der Waals surface area contributed by atoms with Gasteiger partial charge in [-0.15, -0.1) is 0 Å². The highest BCUT2D eigenvalue weighted by molar-refractivity contribution is 6.31. The summed E-state index contributed by atoms with van der Waals surface area (Å²) in [6, 6.07) is 3.35. The first-order valence-electron chi connectivity index (χ1n) is 9.16. The Hall–Kier alpha value is -2.84. The van der Waals surface area contributed by atoms with Gasteiger partial charge < -0.3 is 20.1 Å². The first-order chi connectivity index (χ1) is 15.2. The van der Waals surface area contributed by atoms with Crippen LogP contribution in [0.5, 0.6) is 0 Å². The summed E-state index contributed by atoms with van der Waals surface area (Å²) < 4.78 is 45.8. The van der Waals surface area contributed by atoms with Crippen LogP contribution in [0.3, 0.4) is 0 Å². The van der Waals surface area contributed by atoms with E-state index in [1.54, 1.807) is 0 Å². The summed E-state index contributed by atoms with van der Waals surface area (Å²) in [5.74, 6) is 0.141. The number of fused-ring (bicyclic) bond motifs is 1. The SMILES string of the molecule is OC[C@H]1O[C@@H](n2cnc3c(NN=Cc4ccc(Cl)c(C(F)(F)F)c4)ncnc32)[C@H](O)[C@@H]1O. The molecule has 3 aromatic rings. The van der Waals surface area contributed by atoms with Gasteiger partial charge in [0.25, 0.3) is 0 Å². The molecule has 10 nitrogen and oxygen atoms in total. The normalized spacial score (nSPS) is 24.0. The van der Waals surface area contributed by atoms with Gasteiger partial charge in [0.05, 0.1) is 29.7 Å². The third-order valence-corrected chi connectivity index (χ3v) is 5.16. The number of hydrogen-bond donors (Lipinski definition) is 4. The van der Waals surface area contributed by atoms with E-state index < -0.39 is 47.9 Å². The topological polar surface area (TPSA) is 138 Å². The second kappa shape index (κ2) is 8.60. The van der Waals surface area contributed by atoms with E-state index in [4.69, 9.17) is 16.3 Å². The second-order valence-electron chi connectivity index (χ2n) is 6.88. The van der Waals surface area contributed by atoms with Crippen LogP contribution in [0.15, 0.2) is 36.0 Å². The summed E-state index contributed by atoms with van der Waals surface area (Å²) in [4.78, 5) is 12.3. The lowest BCUT2D eigenvalue weighted by atomic mass is 10.1. The van der Waals surface area contributed by atoms with E-state index in [1.807, 2.05) is 0 Å². The minimum atomic E-state index is -4.60. The second-order valence-corrected chi connectivity index (χ2v) is 7.29. The lowest BCUT2D eigenvalue weighted by Gasteiger charge is -2.16. The van der Waals surface area contributed by atoms with Gasteiger partial charge in [-0.1, -0.05) is 17.7 Å². The lowest BCUT2D eigenvalue weighted by molar-refractivity contribution is -0.137. The van der Waals surface area contributed by atoms with Crippen LogP contribution < -0.4 is 5.43 Å². The average Bonchev–Trinajstić information content (AvgIpc) is 3.30. The number of nitrogens with one attached hydrogen (secondary N) is 1. The Kier molecular flexibility index (Phi) is 6.01. The number of nitrogens with zero attached hydrogens (tertiary/aromatic N) is 5. The number of rotatable bonds is 5. The molecule has 1 fully saturated rings. The van der Waals surface area contributed by atoms with Crippen molar-refractivity contribution in [1.82, 2.24) is 19.5 Å². The molecule has 3 heterocycles. The highest BCUT2D eigenvalue weighted by Crippen LogP contribution is 2.35. The van der Waals surface area contributed by atoms with Gasteiger partial charge >= 0.3 is 6.18 Å². The number of alkyl halides is 3. The number of aliphatic hydroxyl groups excluding tert-OH is 3. The van der Waals surface area contributed by atoms with Gasteiger partial charge in [0.2, 0.25) is 0 Å². The number of anilines is 1. The highest BCUT2D eigenvalue weighted by atomic mass is 35.5. The smallest absolute Gasteiger partial charge is 0.394 e. The van der Waals surface area contributed by atoms with E-state index in [1.165, 1.54) is 23.3 Å². The predicted molar refractivity (Wildman–Crippen MR) is 106 cm³/mol. The molecule has 4 atom stereocenters. The molecule has 1 saturated heterocycles. The zero-order valence-electron chi connectivity index (χ0n) is 16.0. The van der Waals surface area contributed by atoms with E-state index >= 15 is 0 Å². The summed E-state index contributed by atoms with van der Waals surface area (Å²) in [5.41, 5.74) is 2.22. The number of hydrazone groups is 1. The fourth-order valence-electron chi connectivity index (χ4n) is 3.24. The quantitative estimate of drug-likeness (QED) is 0.324. The summed E-state index contributed by atoms with van der Waals surface area (Å²) in [7, 11) is 0. The summed E-state index contributed by atoms with van der Waals surface area (Å²) in [6.07, 6.45) is -5.61. The molecule has 14 heteroatoms. The number of halogens is 4. The van der Waals surface area contributed by atoms with Crippen molar-refractivity contribution in [2.75, 3.05) is 12.0 Å². The summed E-state index contributed by atoms with van der Waals surface area (Å²) in [6.45, 7) is -0.487. The molecular formula is C18H16ClF3N6O4. The molecule has 1 aromatic carbocycles. The first-order valence-corrected chi connectivity index (χ1v) is 9.54. The van der Waals surface area contributed by atoms with Crippen molar-refractivity contribution in [3.63, 3.8) is 0 Å². The lowest BCUT2D eigenvalue weighted by Crippen LogP contribution is -2.33. The van der Waals surface area contributed by atoms with Gasteiger partial charge in [-0.05, 0) is 17.7 Å². The van der Waals surface area contributed by atoms with Crippen LogP contribution >= 0.6 is 11.6 Å². The van der Waals surface area contributed by atoms with E-state index in [9.17, 15) is 28.5 Å². The van der Waals surface area contributed by atoms with Gasteiger partial charge in [0, 0.05) is 0 Å². The minimum Gasteiger partial charge on any atom is -0.394 e. The van der Waals surface area contributed by atoms with E-state index in [0.29, 0.717) is 0 Å². The zero-order chi connectivity index (χ0) is 23.0. The van der Waals surface area contributed by atoms with Gasteiger partial charge in [0.15, 0.2) is 23.2 Å². The van der Waals surface area contributed by atoms with Crippen molar-refractivity contribution in [3.8, 4) is 0 Å². The third kappa shape index (κ3) is 4.12. The van der Waals surface area contributed by atoms with E-state index in [2.05, 4.69) is 25.5 Å². The van der Waals surface area contributed by atoms with Crippen molar-refractivity contribution >= 4 is 34.8 Å². The average molecular weight is 473 g/mol. The molecule has 0 radical (unpaired) electrons. The molecule has 0 bridgehead atoms. The fourth-order valence-corrected chi connectivity index (χ4v) is 3.46. The number of imidazole rings is 1. The molecule has 0 aliphatic carbocycles. The molecule has 0 saturated carbocycles. The van der Waals surface area contributed by atoms with Crippen LogP contribution in [-0.2, 0) is 10.9 Å². The van der Waals surface area contributed by atoms with E-state index in [-0.39, 0.29) is 22.5 Å². The molecule has 2 aromatic heterocycles. The van der Waals surface area contributed by atoms with Crippen molar-refractivity contribution in [1.29, 1.82) is 0 Å². The molecule has 1 aliphatic rings. The molecule has 4 N–H and O–H groups in total. The Labute approximate surface area is 183 Å². The maximum Gasteiger partial charge on any atom is 0.417 e. The van der Waals surface area contributed by atoms with Gasteiger partial charge in [0.1, 0.15) is 24.6 Å². The van der Waals surface area contributed by atoms with Crippen LogP contribution in [0.25, 0.3) is 11.2 Å². The van der Waals surface area contributed by atoms with Crippen LogP contribution in [0, 0.1) is 0 Å². The van der Waals surface area contributed by atoms with Gasteiger partial charge in [-0.2, -0.15) is 18.3 Å². The number of aliphatic hydroxyl groups is 3. The number of ether oxygens (including phenoxy) is 1. The molecule has 170 valence electrons. The van der Waals surface area contributed by atoms with Gasteiger partial charge in [-0.3, -0.25) is 9.99 Å². The van der Waals surface area contributed by atoms with E-state index in [0.717, 1.165) is 18.3 Å². The Bertz CT molecular complexity index is 1160. The van der Waals surface area contributed by atoms with Crippen molar-refractivity contribution in [3.05, 3.63) is 47.0 Å². The number of hydrogen-bond acceptors (Lipinski definition) is 9. The Morgan fingerprint density at radius 3 is 2.69 bits per heavy atom. The molecular weight excluding hydrogens is 457 g/mol. The highest BCUT2D eigenvalue weighted by Gasteiger charge is 2.44. The fraction of sp³-hybridized carbons (Fsp3) is 0.333. The molecule has 4 rings (SSSR count). The molecule has 0 spiro atoms. The molecule has 0 unspecified atom stereocenters. The monoisotopic (exact) mass is 472 g/mol. The van der Waals surface area contributed by atoms with Crippen molar-refractivity contribution in [2.45, 2.75) is 30.7 Å². The maximum atomic E-state index is 13.0. The zero-order valence-corrected chi connectivity index (χ0v) is 16.7.